The van der Waals surface area contributed by atoms with Gasteiger partial charge in [-0.1, -0.05) is 54.8 Å². The fraction of sp³-hybridized carbons (Fsp3) is 0.211. The predicted molar refractivity (Wildman–Crippen MR) is 96.7 cm³/mol. The lowest BCUT2D eigenvalue weighted by Crippen LogP contribution is -1.96. The number of unbranched alkanes of at least 4 members (excludes halogenated alkanes) is 1. The van der Waals surface area contributed by atoms with Gasteiger partial charge in [-0.25, -0.2) is 0 Å². The van der Waals surface area contributed by atoms with E-state index in [4.69, 9.17) is 27.9 Å². The molecule has 0 bridgehead atoms. The molecule has 0 spiro atoms. The lowest BCUT2D eigenvalue weighted by molar-refractivity contribution is 0.104. The van der Waals surface area contributed by atoms with E-state index in [9.17, 15) is 4.79 Å². The van der Waals surface area contributed by atoms with Crippen molar-refractivity contribution in [3.63, 3.8) is 0 Å². The summed E-state index contributed by atoms with van der Waals surface area (Å²) in [6, 6.07) is 12.5. The molecule has 0 heterocycles. The van der Waals surface area contributed by atoms with E-state index in [-0.39, 0.29) is 5.78 Å². The zero-order chi connectivity index (χ0) is 16.7. The van der Waals surface area contributed by atoms with Gasteiger partial charge in [-0.05, 0) is 48.4 Å². The monoisotopic (exact) mass is 348 g/mol. The summed E-state index contributed by atoms with van der Waals surface area (Å²) >= 11 is 11.8. The highest BCUT2D eigenvalue weighted by Gasteiger charge is 2.05. The molecular weight excluding hydrogens is 331 g/mol. The van der Waals surface area contributed by atoms with Crippen molar-refractivity contribution in [2.45, 2.75) is 19.8 Å². The standard InChI is InChI=1S/C19H18Cl2O2/c1-2-3-12-23-16-8-4-14(5-9-16)6-11-19(22)15-7-10-17(20)18(21)13-15/h4-11,13H,2-3,12H2,1H3/b11-6+. The van der Waals surface area contributed by atoms with Gasteiger partial charge in [-0.3, -0.25) is 4.79 Å². The second-order valence-corrected chi connectivity index (χ2v) is 5.91. The maximum atomic E-state index is 12.1. The number of benzene rings is 2. The minimum atomic E-state index is -0.119. The average Bonchev–Trinajstić information content (AvgIpc) is 2.56. The Bertz CT molecular complexity index is 691. The molecule has 4 heteroatoms. The zero-order valence-electron chi connectivity index (χ0n) is 12.9. The van der Waals surface area contributed by atoms with Crippen LogP contribution in [-0.2, 0) is 0 Å². The Balaban J connectivity index is 1.98. The Hall–Kier alpha value is -1.77. The Labute approximate surface area is 146 Å². The van der Waals surface area contributed by atoms with Crippen LogP contribution in [0, 0.1) is 0 Å². The van der Waals surface area contributed by atoms with Crippen LogP contribution < -0.4 is 4.74 Å². The molecule has 0 atom stereocenters. The van der Waals surface area contributed by atoms with Gasteiger partial charge in [0.1, 0.15) is 5.75 Å². The normalized spacial score (nSPS) is 10.9. The predicted octanol–water partition coefficient (Wildman–Crippen LogP) is 6.07. The third-order valence-electron chi connectivity index (χ3n) is 3.28. The van der Waals surface area contributed by atoms with Gasteiger partial charge in [0.15, 0.2) is 5.78 Å². The van der Waals surface area contributed by atoms with Crippen molar-refractivity contribution in [2.24, 2.45) is 0 Å². The highest BCUT2D eigenvalue weighted by atomic mass is 35.5. The van der Waals surface area contributed by atoms with Gasteiger partial charge in [-0.2, -0.15) is 0 Å². The Morgan fingerprint density at radius 3 is 2.48 bits per heavy atom. The lowest BCUT2D eigenvalue weighted by atomic mass is 10.1. The molecule has 0 aliphatic rings. The van der Waals surface area contributed by atoms with E-state index in [2.05, 4.69) is 6.92 Å². The first-order valence-corrected chi connectivity index (χ1v) is 8.26. The van der Waals surface area contributed by atoms with Crippen molar-refractivity contribution in [3.8, 4) is 5.75 Å². The molecule has 0 aliphatic heterocycles. The molecule has 2 nitrogen and oxygen atoms in total. The molecule has 0 amide bonds. The van der Waals surface area contributed by atoms with Crippen LogP contribution in [0.1, 0.15) is 35.7 Å². The van der Waals surface area contributed by atoms with E-state index >= 15 is 0 Å². The van der Waals surface area contributed by atoms with Crippen molar-refractivity contribution in [2.75, 3.05) is 6.61 Å². The van der Waals surface area contributed by atoms with Gasteiger partial charge in [0, 0.05) is 5.56 Å². The number of ketones is 1. The van der Waals surface area contributed by atoms with E-state index in [1.165, 1.54) is 6.08 Å². The largest absolute Gasteiger partial charge is 0.494 e. The Morgan fingerprint density at radius 1 is 1.09 bits per heavy atom. The van der Waals surface area contributed by atoms with Crippen molar-refractivity contribution >= 4 is 35.1 Å². The van der Waals surface area contributed by atoms with Gasteiger partial charge in [0.2, 0.25) is 0 Å². The number of rotatable bonds is 7. The van der Waals surface area contributed by atoms with Crippen molar-refractivity contribution < 1.29 is 9.53 Å². The summed E-state index contributed by atoms with van der Waals surface area (Å²) in [5.74, 6) is 0.721. The first-order valence-electron chi connectivity index (χ1n) is 7.50. The molecule has 0 aromatic heterocycles. The van der Waals surface area contributed by atoms with E-state index < -0.39 is 0 Å². The van der Waals surface area contributed by atoms with E-state index in [1.54, 1.807) is 24.3 Å². The first-order chi connectivity index (χ1) is 11.1. The van der Waals surface area contributed by atoms with Crippen molar-refractivity contribution in [1.82, 2.24) is 0 Å². The quantitative estimate of drug-likeness (QED) is 0.345. The molecule has 0 radical (unpaired) electrons. The fourth-order valence-corrected chi connectivity index (χ4v) is 2.23. The van der Waals surface area contributed by atoms with Crippen LogP contribution in [0.25, 0.3) is 6.08 Å². The van der Waals surface area contributed by atoms with Crippen LogP contribution in [0.4, 0.5) is 0 Å². The molecule has 0 fully saturated rings. The SMILES string of the molecule is CCCCOc1ccc(/C=C/C(=O)c2ccc(Cl)c(Cl)c2)cc1. The summed E-state index contributed by atoms with van der Waals surface area (Å²) in [7, 11) is 0. The molecule has 0 N–H and O–H groups in total. The molecule has 0 saturated carbocycles. The van der Waals surface area contributed by atoms with Gasteiger partial charge in [0.05, 0.1) is 16.7 Å². The highest BCUT2D eigenvalue weighted by molar-refractivity contribution is 6.42. The van der Waals surface area contributed by atoms with E-state index in [1.807, 2.05) is 24.3 Å². The Kier molecular flexibility index (Phi) is 6.69. The summed E-state index contributed by atoms with van der Waals surface area (Å²) in [4.78, 5) is 12.1. The number of allylic oxidation sites excluding steroid dienone is 1. The summed E-state index contributed by atoms with van der Waals surface area (Å²) in [6.07, 6.45) is 5.44. The molecule has 2 rings (SSSR count). The van der Waals surface area contributed by atoms with Crippen molar-refractivity contribution in [3.05, 3.63) is 69.7 Å². The molecule has 0 saturated heterocycles. The van der Waals surface area contributed by atoms with E-state index in [0.717, 1.165) is 30.8 Å². The average molecular weight is 349 g/mol. The van der Waals surface area contributed by atoms with Crippen LogP contribution in [-0.4, -0.2) is 12.4 Å². The second kappa shape index (κ2) is 8.76. The third-order valence-corrected chi connectivity index (χ3v) is 4.02. The highest BCUT2D eigenvalue weighted by Crippen LogP contribution is 2.23. The molecule has 2 aromatic rings. The zero-order valence-corrected chi connectivity index (χ0v) is 14.4. The molecule has 2 aromatic carbocycles. The topological polar surface area (TPSA) is 26.3 Å². The van der Waals surface area contributed by atoms with Gasteiger partial charge < -0.3 is 4.74 Å². The molecular formula is C19H18Cl2O2. The van der Waals surface area contributed by atoms with Crippen LogP contribution in [0.15, 0.2) is 48.5 Å². The minimum Gasteiger partial charge on any atom is -0.494 e. The summed E-state index contributed by atoms with van der Waals surface area (Å²) < 4.78 is 5.60. The fourth-order valence-electron chi connectivity index (χ4n) is 1.93. The van der Waals surface area contributed by atoms with Gasteiger partial charge >= 0.3 is 0 Å². The molecule has 120 valence electrons. The van der Waals surface area contributed by atoms with E-state index in [0.29, 0.717) is 15.6 Å². The van der Waals surface area contributed by atoms with Crippen LogP contribution in [0.5, 0.6) is 5.75 Å². The Morgan fingerprint density at radius 2 is 1.83 bits per heavy atom. The maximum absolute atomic E-state index is 12.1. The van der Waals surface area contributed by atoms with Gasteiger partial charge in [-0.15, -0.1) is 0 Å². The number of hydrogen-bond acceptors (Lipinski definition) is 2. The van der Waals surface area contributed by atoms with Crippen LogP contribution in [0.3, 0.4) is 0 Å². The number of hydrogen-bond donors (Lipinski definition) is 0. The summed E-state index contributed by atoms with van der Waals surface area (Å²) in [6.45, 7) is 2.85. The number of halogens is 2. The lowest BCUT2D eigenvalue weighted by Gasteiger charge is -2.05. The minimum absolute atomic E-state index is 0.119. The van der Waals surface area contributed by atoms with Crippen LogP contribution in [0.2, 0.25) is 10.0 Å². The summed E-state index contributed by atoms with van der Waals surface area (Å²) in [5.41, 5.74) is 1.44. The van der Waals surface area contributed by atoms with Crippen molar-refractivity contribution in [1.29, 1.82) is 0 Å². The van der Waals surface area contributed by atoms with Gasteiger partial charge in [0.25, 0.3) is 0 Å². The number of carbonyl (C=O) groups excluding carboxylic acids is 1. The third kappa shape index (κ3) is 5.42. The number of ether oxygens (including phenoxy) is 1. The van der Waals surface area contributed by atoms with Crippen LogP contribution >= 0.6 is 23.2 Å². The maximum Gasteiger partial charge on any atom is 0.185 e. The first kappa shape index (κ1) is 17.6. The number of carbonyl (C=O) groups is 1. The second-order valence-electron chi connectivity index (χ2n) is 5.10. The molecule has 0 aliphatic carbocycles. The summed E-state index contributed by atoms with van der Waals surface area (Å²) in [5, 5.41) is 0.811. The molecule has 23 heavy (non-hydrogen) atoms. The molecule has 0 unspecified atom stereocenters. The smallest absolute Gasteiger partial charge is 0.185 e.